The summed E-state index contributed by atoms with van der Waals surface area (Å²) in [6.45, 7) is 3.39. The topological polar surface area (TPSA) is 48.0 Å². The van der Waals surface area contributed by atoms with E-state index in [4.69, 9.17) is 14.2 Å². The summed E-state index contributed by atoms with van der Waals surface area (Å²) in [4.78, 5) is 14.5. The molecule has 2 aliphatic rings. The van der Waals surface area contributed by atoms with Gasteiger partial charge < -0.3 is 19.1 Å². The second-order valence-corrected chi connectivity index (χ2v) is 6.77. The smallest absolute Gasteiger partial charge is 0.226 e. The van der Waals surface area contributed by atoms with Gasteiger partial charge in [0, 0.05) is 32.2 Å². The van der Waals surface area contributed by atoms with E-state index in [2.05, 4.69) is 0 Å². The molecule has 1 aromatic carbocycles. The van der Waals surface area contributed by atoms with Gasteiger partial charge in [-0.25, -0.2) is 0 Å². The van der Waals surface area contributed by atoms with Gasteiger partial charge in [-0.15, -0.1) is 0 Å². The van der Waals surface area contributed by atoms with Crippen molar-refractivity contribution in [2.24, 2.45) is 5.41 Å². The normalized spacial score (nSPS) is 26.7. The molecule has 5 nitrogen and oxygen atoms in total. The molecule has 1 amide bonds. The predicted molar refractivity (Wildman–Crippen MR) is 91.0 cm³/mol. The van der Waals surface area contributed by atoms with E-state index in [-0.39, 0.29) is 17.4 Å². The van der Waals surface area contributed by atoms with Crippen molar-refractivity contribution in [2.45, 2.75) is 31.8 Å². The number of ether oxygens (including phenoxy) is 3. The van der Waals surface area contributed by atoms with E-state index >= 15 is 0 Å². The lowest BCUT2D eigenvalue weighted by Crippen LogP contribution is -2.58. The molecule has 2 saturated heterocycles. The highest BCUT2D eigenvalue weighted by atomic mass is 16.5. The van der Waals surface area contributed by atoms with Gasteiger partial charge in [-0.05, 0) is 31.4 Å². The molecule has 2 atom stereocenters. The number of piperidine rings is 1. The van der Waals surface area contributed by atoms with Gasteiger partial charge in [0.2, 0.25) is 5.91 Å². The lowest BCUT2D eigenvalue weighted by atomic mass is 9.73. The third-order valence-electron chi connectivity index (χ3n) is 5.10. The summed E-state index contributed by atoms with van der Waals surface area (Å²) in [6.07, 6.45) is 3.63. The van der Waals surface area contributed by atoms with Gasteiger partial charge >= 0.3 is 0 Å². The number of para-hydroxylation sites is 1. The minimum Gasteiger partial charge on any atom is -0.493 e. The fraction of sp³-hybridized carbons (Fsp3) is 0.632. The molecule has 0 N–H and O–H groups in total. The van der Waals surface area contributed by atoms with Gasteiger partial charge in [0.05, 0.1) is 25.7 Å². The lowest BCUT2D eigenvalue weighted by molar-refractivity contribution is -0.162. The van der Waals surface area contributed by atoms with E-state index in [1.54, 1.807) is 7.11 Å². The third kappa shape index (κ3) is 3.90. The Morgan fingerprint density at radius 2 is 2.21 bits per heavy atom. The monoisotopic (exact) mass is 333 g/mol. The maximum Gasteiger partial charge on any atom is 0.226 e. The largest absolute Gasteiger partial charge is 0.493 e. The van der Waals surface area contributed by atoms with Crippen molar-refractivity contribution in [1.29, 1.82) is 0 Å². The first-order chi connectivity index (χ1) is 11.7. The lowest BCUT2D eigenvalue weighted by Gasteiger charge is -2.50. The maximum atomic E-state index is 12.6. The van der Waals surface area contributed by atoms with Crippen LogP contribution in [-0.2, 0) is 14.3 Å². The summed E-state index contributed by atoms with van der Waals surface area (Å²) >= 11 is 0. The van der Waals surface area contributed by atoms with E-state index in [0.717, 1.165) is 44.7 Å². The molecule has 2 aliphatic heterocycles. The molecule has 3 rings (SSSR count). The predicted octanol–water partition coefficient (Wildman–Crippen LogP) is 2.50. The van der Waals surface area contributed by atoms with Crippen molar-refractivity contribution in [3.05, 3.63) is 30.3 Å². The van der Waals surface area contributed by atoms with Crippen molar-refractivity contribution in [3.8, 4) is 5.75 Å². The van der Waals surface area contributed by atoms with Crippen LogP contribution in [0.1, 0.15) is 25.7 Å². The van der Waals surface area contributed by atoms with Crippen LogP contribution >= 0.6 is 0 Å². The van der Waals surface area contributed by atoms with Crippen LogP contribution in [0.4, 0.5) is 0 Å². The zero-order valence-electron chi connectivity index (χ0n) is 14.4. The van der Waals surface area contributed by atoms with Gasteiger partial charge in [0.25, 0.3) is 0 Å². The number of rotatable bonds is 6. The first-order valence-corrected chi connectivity index (χ1v) is 8.80. The summed E-state index contributed by atoms with van der Waals surface area (Å²) in [5, 5.41) is 0. The molecule has 0 aromatic heterocycles. The van der Waals surface area contributed by atoms with Crippen LogP contribution < -0.4 is 4.74 Å². The van der Waals surface area contributed by atoms with Crippen LogP contribution in [0.2, 0.25) is 0 Å². The molecule has 0 radical (unpaired) electrons. The zero-order valence-corrected chi connectivity index (χ0v) is 14.4. The SMILES string of the molecule is COC[C@]12CCCO[C@@H]1CCN(C(=O)CCOc1ccccc1)C2. The highest BCUT2D eigenvalue weighted by molar-refractivity contribution is 5.76. The number of likely N-dealkylation sites (tertiary alicyclic amines) is 1. The number of methoxy groups -OCH3 is 1. The molecule has 5 heteroatoms. The van der Waals surface area contributed by atoms with E-state index < -0.39 is 0 Å². The van der Waals surface area contributed by atoms with Crippen molar-refractivity contribution in [2.75, 3.05) is 40.0 Å². The van der Waals surface area contributed by atoms with E-state index in [1.165, 1.54) is 0 Å². The second kappa shape index (κ2) is 7.99. The van der Waals surface area contributed by atoms with Crippen LogP contribution in [0.5, 0.6) is 5.75 Å². The van der Waals surface area contributed by atoms with Crippen molar-refractivity contribution in [3.63, 3.8) is 0 Å². The van der Waals surface area contributed by atoms with E-state index in [9.17, 15) is 4.79 Å². The second-order valence-electron chi connectivity index (χ2n) is 6.77. The Bertz CT molecular complexity index is 531. The number of fused-ring (bicyclic) bond motifs is 1. The minimum absolute atomic E-state index is 0.0405. The maximum absolute atomic E-state index is 12.6. The standard InChI is InChI=1S/C19H27NO4/c1-22-15-19-10-5-12-24-17(19)8-11-20(14-19)18(21)9-13-23-16-6-3-2-4-7-16/h2-4,6-7,17H,5,8-15H2,1H3/t17-,19-/m1/s1. The van der Waals surface area contributed by atoms with Crippen LogP contribution in [-0.4, -0.2) is 56.9 Å². The van der Waals surface area contributed by atoms with Crippen LogP contribution in [0.3, 0.4) is 0 Å². The quantitative estimate of drug-likeness (QED) is 0.802. The molecule has 0 bridgehead atoms. The average molecular weight is 333 g/mol. The Labute approximate surface area is 143 Å². The number of carbonyl (C=O) groups excluding carboxylic acids is 1. The number of amides is 1. The van der Waals surface area contributed by atoms with Crippen LogP contribution in [0.25, 0.3) is 0 Å². The number of benzene rings is 1. The number of nitrogens with zero attached hydrogens (tertiary/aromatic N) is 1. The summed E-state index contributed by atoms with van der Waals surface area (Å²) in [5.74, 6) is 0.964. The molecule has 2 heterocycles. The number of hydrogen-bond donors (Lipinski definition) is 0. The van der Waals surface area contributed by atoms with Crippen molar-refractivity contribution in [1.82, 2.24) is 4.90 Å². The highest BCUT2D eigenvalue weighted by Crippen LogP contribution is 2.40. The molecule has 2 fully saturated rings. The Morgan fingerprint density at radius 3 is 3.00 bits per heavy atom. The Hall–Kier alpha value is -1.59. The molecular formula is C19H27NO4. The Balaban J connectivity index is 1.53. The summed E-state index contributed by atoms with van der Waals surface area (Å²) < 4.78 is 17.1. The third-order valence-corrected chi connectivity index (χ3v) is 5.10. The number of carbonyl (C=O) groups is 1. The van der Waals surface area contributed by atoms with Gasteiger partial charge in [-0.1, -0.05) is 18.2 Å². The van der Waals surface area contributed by atoms with Gasteiger partial charge in [0.1, 0.15) is 5.75 Å². The average Bonchev–Trinajstić information content (AvgIpc) is 2.62. The molecule has 0 aliphatic carbocycles. The molecule has 1 aromatic rings. The minimum atomic E-state index is -0.0405. The Kier molecular flexibility index (Phi) is 5.74. The fourth-order valence-corrected chi connectivity index (χ4v) is 3.93. The number of hydrogen-bond acceptors (Lipinski definition) is 4. The molecule has 0 spiro atoms. The van der Waals surface area contributed by atoms with Crippen LogP contribution in [0, 0.1) is 5.41 Å². The van der Waals surface area contributed by atoms with Gasteiger partial charge in [-0.2, -0.15) is 0 Å². The zero-order chi connectivity index (χ0) is 16.8. The van der Waals surface area contributed by atoms with Crippen LogP contribution in [0.15, 0.2) is 30.3 Å². The summed E-state index contributed by atoms with van der Waals surface area (Å²) in [7, 11) is 1.73. The molecule has 0 unspecified atom stereocenters. The highest BCUT2D eigenvalue weighted by Gasteiger charge is 2.46. The summed E-state index contributed by atoms with van der Waals surface area (Å²) in [5.41, 5.74) is -0.0405. The van der Waals surface area contributed by atoms with Crippen molar-refractivity contribution < 1.29 is 19.0 Å². The molecular weight excluding hydrogens is 306 g/mol. The van der Waals surface area contributed by atoms with Gasteiger partial charge in [-0.3, -0.25) is 4.79 Å². The molecule has 24 heavy (non-hydrogen) atoms. The van der Waals surface area contributed by atoms with E-state index in [0.29, 0.717) is 19.6 Å². The fourth-order valence-electron chi connectivity index (χ4n) is 3.93. The van der Waals surface area contributed by atoms with Crippen molar-refractivity contribution >= 4 is 5.91 Å². The van der Waals surface area contributed by atoms with E-state index in [1.807, 2.05) is 35.2 Å². The Morgan fingerprint density at radius 1 is 1.38 bits per heavy atom. The molecule has 0 saturated carbocycles. The summed E-state index contributed by atoms with van der Waals surface area (Å²) in [6, 6.07) is 9.62. The first kappa shape index (κ1) is 17.2. The van der Waals surface area contributed by atoms with Gasteiger partial charge in [0.15, 0.2) is 0 Å². The molecule has 132 valence electrons. The first-order valence-electron chi connectivity index (χ1n) is 8.80.